The second-order valence-electron chi connectivity index (χ2n) is 2.62. The summed E-state index contributed by atoms with van der Waals surface area (Å²) in [5.41, 5.74) is 0. The molecule has 0 N–H and O–H groups in total. The Morgan fingerprint density at radius 1 is 1.92 bits per heavy atom. The Balaban J connectivity index is 2.17. The SMILES string of the molecule is O=[N+]([O-])c1cncn1CC1CO1. The van der Waals surface area contributed by atoms with Crippen molar-refractivity contribution in [1.29, 1.82) is 0 Å². The van der Waals surface area contributed by atoms with Gasteiger partial charge in [0.15, 0.2) is 6.33 Å². The second-order valence-corrected chi connectivity index (χ2v) is 2.62. The van der Waals surface area contributed by atoms with Crippen LogP contribution in [-0.4, -0.2) is 27.2 Å². The number of aromatic nitrogens is 2. The van der Waals surface area contributed by atoms with Crippen LogP contribution in [0.15, 0.2) is 12.5 Å². The first kappa shape index (κ1) is 7.23. The van der Waals surface area contributed by atoms with E-state index >= 15 is 0 Å². The monoisotopic (exact) mass is 169 g/mol. The van der Waals surface area contributed by atoms with Gasteiger partial charge in [-0.05, 0) is 4.92 Å². The Morgan fingerprint density at radius 2 is 2.67 bits per heavy atom. The first-order chi connectivity index (χ1) is 5.77. The Hall–Kier alpha value is -1.43. The molecule has 0 amide bonds. The Kier molecular flexibility index (Phi) is 1.54. The van der Waals surface area contributed by atoms with Gasteiger partial charge in [0, 0.05) is 0 Å². The van der Waals surface area contributed by atoms with Crippen LogP contribution in [0.3, 0.4) is 0 Å². The lowest BCUT2D eigenvalue weighted by molar-refractivity contribution is -0.392. The minimum absolute atomic E-state index is 0.0190. The minimum atomic E-state index is -0.449. The molecule has 6 nitrogen and oxygen atoms in total. The third kappa shape index (κ3) is 1.28. The summed E-state index contributed by atoms with van der Waals surface area (Å²) in [6.07, 6.45) is 2.82. The molecule has 1 fully saturated rings. The summed E-state index contributed by atoms with van der Waals surface area (Å²) in [6.45, 7) is 1.21. The van der Waals surface area contributed by atoms with E-state index in [0.717, 1.165) is 0 Å². The Bertz CT molecular complexity index is 305. The van der Waals surface area contributed by atoms with Crippen molar-refractivity contribution in [3.05, 3.63) is 22.6 Å². The average Bonchev–Trinajstić information content (AvgIpc) is 2.66. The first-order valence-corrected chi connectivity index (χ1v) is 3.53. The maximum Gasteiger partial charge on any atom is 0.342 e. The molecule has 6 heteroatoms. The normalized spacial score (nSPS) is 20.8. The molecule has 12 heavy (non-hydrogen) atoms. The van der Waals surface area contributed by atoms with E-state index in [-0.39, 0.29) is 11.9 Å². The van der Waals surface area contributed by atoms with Crippen LogP contribution in [0.4, 0.5) is 5.82 Å². The van der Waals surface area contributed by atoms with Crippen LogP contribution in [0.1, 0.15) is 0 Å². The van der Waals surface area contributed by atoms with E-state index in [2.05, 4.69) is 4.98 Å². The second kappa shape index (κ2) is 2.56. The molecule has 1 saturated heterocycles. The Morgan fingerprint density at radius 3 is 3.25 bits per heavy atom. The predicted molar refractivity (Wildman–Crippen MR) is 38.6 cm³/mol. The fourth-order valence-electron chi connectivity index (χ4n) is 0.999. The highest BCUT2D eigenvalue weighted by atomic mass is 16.6. The van der Waals surface area contributed by atoms with Crippen LogP contribution in [0.5, 0.6) is 0 Å². The molecule has 1 atom stereocenters. The molecule has 64 valence electrons. The van der Waals surface area contributed by atoms with E-state index in [0.29, 0.717) is 13.2 Å². The van der Waals surface area contributed by atoms with Gasteiger partial charge in [0.05, 0.1) is 6.61 Å². The van der Waals surface area contributed by atoms with Crippen molar-refractivity contribution in [3.63, 3.8) is 0 Å². The molecule has 2 heterocycles. The summed E-state index contributed by atoms with van der Waals surface area (Å²) in [5.74, 6) is 0.0190. The fraction of sp³-hybridized carbons (Fsp3) is 0.500. The fourth-order valence-corrected chi connectivity index (χ4v) is 0.999. The van der Waals surface area contributed by atoms with Crippen LogP contribution >= 0.6 is 0 Å². The number of epoxide rings is 1. The summed E-state index contributed by atoms with van der Waals surface area (Å²) in [7, 11) is 0. The van der Waals surface area contributed by atoms with Gasteiger partial charge in [-0.1, -0.05) is 0 Å². The molecule has 0 aromatic carbocycles. The van der Waals surface area contributed by atoms with Gasteiger partial charge in [-0.3, -0.25) is 0 Å². The van der Waals surface area contributed by atoms with Crippen molar-refractivity contribution < 1.29 is 9.66 Å². The first-order valence-electron chi connectivity index (χ1n) is 3.53. The van der Waals surface area contributed by atoms with Crippen LogP contribution in [0.2, 0.25) is 0 Å². The predicted octanol–water partition coefficient (Wildman–Crippen LogP) is 0.190. The van der Waals surface area contributed by atoms with Crippen molar-refractivity contribution in [2.75, 3.05) is 6.61 Å². The summed E-state index contributed by atoms with van der Waals surface area (Å²) >= 11 is 0. The molecule has 1 aliphatic rings. The molecular weight excluding hydrogens is 162 g/mol. The molecule has 0 spiro atoms. The van der Waals surface area contributed by atoms with E-state index in [1.54, 1.807) is 0 Å². The van der Waals surface area contributed by atoms with Gasteiger partial charge in [-0.2, -0.15) is 0 Å². The van der Waals surface area contributed by atoms with Gasteiger partial charge in [-0.25, -0.2) is 9.55 Å². The third-order valence-electron chi connectivity index (χ3n) is 1.68. The molecule has 0 aliphatic carbocycles. The quantitative estimate of drug-likeness (QED) is 0.367. The van der Waals surface area contributed by atoms with Crippen LogP contribution < -0.4 is 0 Å². The maximum absolute atomic E-state index is 10.4. The van der Waals surface area contributed by atoms with E-state index in [4.69, 9.17) is 4.74 Å². The smallest absolute Gasteiger partial charge is 0.342 e. The summed E-state index contributed by atoms with van der Waals surface area (Å²) in [6, 6.07) is 0. The van der Waals surface area contributed by atoms with E-state index in [9.17, 15) is 10.1 Å². The molecule has 1 aliphatic heterocycles. The Labute approximate surface area is 67.9 Å². The maximum atomic E-state index is 10.4. The molecule has 0 radical (unpaired) electrons. The minimum Gasteiger partial charge on any atom is -0.369 e. The summed E-state index contributed by atoms with van der Waals surface area (Å²) in [4.78, 5) is 13.6. The number of hydrogen-bond donors (Lipinski definition) is 0. The average molecular weight is 169 g/mol. The van der Waals surface area contributed by atoms with Crippen molar-refractivity contribution in [2.24, 2.45) is 0 Å². The van der Waals surface area contributed by atoms with Crippen molar-refractivity contribution in [1.82, 2.24) is 9.55 Å². The largest absolute Gasteiger partial charge is 0.369 e. The van der Waals surface area contributed by atoms with E-state index in [1.165, 1.54) is 17.1 Å². The standard InChI is InChI=1S/C6H7N3O3/c10-9(11)6-1-7-4-8(6)2-5-3-12-5/h1,4-5H,2-3H2. The van der Waals surface area contributed by atoms with Gasteiger partial charge in [-0.15, -0.1) is 0 Å². The van der Waals surface area contributed by atoms with Crippen LogP contribution in [0, 0.1) is 10.1 Å². The zero-order chi connectivity index (χ0) is 8.55. The lowest BCUT2D eigenvalue weighted by Crippen LogP contribution is -2.05. The highest BCUT2D eigenvalue weighted by Crippen LogP contribution is 2.16. The number of nitrogens with zero attached hydrogens (tertiary/aromatic N) is 3. The zero-order valence-corrected chi connectivity index (χ0v) is 6.21. The third-order valence-corrected chi connectivity index (χ3v) is 1.68. The molecular formula is C6H7N3O3. The molecule has 1 aromatic heterocycles. The summed E-state index contributed by atoms with van der Waals surface area (Å²) in [5, 5.41) is 10.4. The zero-order valence-electron chi connectivity index (χ0n) is 6.21. The molecule has 2 rings (SSSR count). The summed E-state index contributed by atoms with van der Waals surface area (Å²) < 4.78 is 6.43. The van der Waals surface area contributed by atoms with Crippen molar-refractivity contribution in [3.8, 4) is 0 Å². The molecule has 1 aromatic rings. The van der Waals surface area contributed by atoms with Gasteiger partial charge in [0.1, 0.15) is 18.8 Å². The lowest BCUT2D eigenvalue weighted by Gasteiger charge is -1.96. The highest BCUT2D eigenvalue weighted by molar-refractivity contribution is 5.14. The highest BCUT2D eigenvalue weighted by Gasteiger charge is 2.27. The number of rotatable bonds is 3. The molecule has 0 bridgehead atoms. The van der Waals surface area contributed by atoms with Crippen molar-refractivity contribution >= 4 is 5.82 Å². The number of imidazole rings is 1. The van der Waals surface area contributed by atoms with Crippen LogP contribution in [-0.2, 0) is 11.3 Å². The topological polar surface area (TPSA) is 73.5 Å². The van der Waals surface area contributed by atoms with Crippen LogP contribution in [0.25, 0.3) is 0 Å². The number of hydrogen-bond acceptors (Lipinski definition) is 4. The van der Waals surface area contributed by atoms with Gasteiger partial charge >= 0.3 is 5.82 Å². The number of nitro groups is 1. The molecule has 0 saturated carbocycles. The van der Waals surface area contributed by atoms with E-state index < -0.39 is 4.92 Å². The number of ether oxygens (including phenoxy) is 1. The van der Waals surface area contributed by atoms with E-state index in [1.807, 2.05) is 0 Å². The van der Waals surface area contributed by atoms with Gasteiger partial charge in [0.2, 0.25) is 0 Å². The van der Waals surface area contributed by atoms with Gasteiger partial charge < -0.3 is 14.9 Å². The van der Waals surface area contributed by atoms with Crippen molar-refractivity contribution in [2.45, 2.75) is 12.6 Å². The lowest BCUT2D eigenvalue weighted by atomic mass is 10.5. The molecule has 1 unspecified atom stereocenters. The van der Waals surface area contributed by atoms with Gasteiger partial charge in [0.25, 0.3) is 0 Å².